The fourth-order valence-corrected chi connectivity index (χ4v) is 0.738. The van der Waals surface area contributed by atoms with E-state index in [9.17, 15) is 14.4 Å². The first kappa shape index (κ1) is 15.0. The van der Waals surface area contributed by atoms with E-state index in [0.717, 1.165) is 6.92 Å². The highest BCUT2D eigenvalue weighted by Gasteiger charge is 2.39. The van der Waals surface area contributed by atoms with Gasteiger partial charge in [-0.15, -0.1) is 0 Å². The van der Waals surface area contributed by atoms with Gasteiger partial charge in [0.05, 0.1) is 0 Å². The summed E-state index contributed by atoms with van der Waals surface area (Å²) in [6.45, 7) is 1.02. The van der Waals surface area contributed by atoms with Crippen LogP contribution >= 0.6 is 0 Å². The van der Waals surface area contributed by atoms with Crippen molar-refractivity contribution in [1.29, 1.82) is 0 Å². The molecular weight excluding hydrogens is 192 g/mol. The Morgan fingerprint density at radius 3 is 1.93 bits per heavy atom. The van der Waals surface area contributed by atoms with E-state index in [1.807, 2.05) is 0 Å². The van der Waals surface area contributed by atoms with Crippen molar-refractivity contribution in [1.82, 2.24) is 6.15 Å². The molecule has 0 aromatic carbocycles. The highest BCUT2D eigenvalue weighted by atomic mass is 16.4. The molecule has 1 unspecified atom stereocenters. The standard InChI is InChI=1S/C7H11NO5.H3N/c1-4(9)7(8,6(12)13)3-2-5(10)11;/h2-3,8H2,1H3,(H,10,11)(H,12,13);1H3. The number of hydrogen-bond donors (Lipinski definition) is 4. The van der Waals surface area contributed by atoms with Crippen LogP contribution in [0.1, 0.15) is 19.8 Å². The number of ketones is 1. The third-order valence-electron chi connectivity index (χ3n) is 1.74. The highest BCUT2D eigenvalue weighted by Crippen LogP contribution is 2.11. The molecule has 7 nitrogen and oxygen atoms in total. The molecule has 14 heavy (non-hydrogen) atoms. The molecule has 0 saturated heterocycles. The van der Waals surface area contributed by atoms with Gasteiger partial charge in [-0.05, 0) is 13.3 Å². The van der Waals surface area contributed by atoms with Crippen LogP contribution in [-0.2, 0) is 14.4 Å². The third kappa shape index (κ3) is 3.50. The second-order valence-corrected chi connectivity index (χ2v) is 2.73. The smallest absolute Gasteiger partial charge is 0.331 e. The number of hydrogen-bond acceptors (Lipinski definition) is 5. The first-order valence-electron chi connectivity index (χ1n) is 3.56. The lowest BCUT2D eigenvalue weighted by atomic mass is 9.91. The molecule has 0 aliphatic rings. The van der Waals surface area contributed by atoms with Crippen LogP contribution in [0.3, 0.4) is 0 Å². The van der Waals surface area contributed by atoms with E-state index in [-0.39, 0.29) is 6.15 Å². The molecule has 0 aliphatic carbocycles. The van der Waals surface area contributed by atoms with Gasteiger partial charge >= 0.3 is 11.9 Å². The Morgan fingerprint density at radius 2 is 1.71 bits per heavy atom. The van der Waals surface area contributed by atoms with E-state index in [1.54, 1.807) is 0 Å². The molecule has 7 N–H and O–H groups in total. The number of Topliss-reactive ketones (excluding diaryl/α,β-unsaturated/α-hetero) is 1. The first-order chi connectivity index (χ1) is 5.80. The fraction of sp³-hybridized carbons (Fsp3) is 0.571. The normalized spacial score (nSPS) is 13.6. The van der Waals surface area contributed by atoms with Gasteiger partial charge in [-0.2, -0.15) is 0 Å². The van der Waals surface area contributed by atoms with Crippen LogP contribution in [0, 0.1) is 0 Å². The molecule has 1 atom stereocenters. The summed E-state index contributed by atoms with van der Waals surface area (Å²) >= 11 is 0. The van der Waals surface area contributed by atoms with E-state index in [1.165, 1.54) is 0 Å². The molecule has 0 amide bonds. The maximum atomic E-state index is 10.8. The summed E-state index contributed by atoms with van der Waals surface area (Å²) in [7, 11) is 0. The van der Waals surface area contributed by atoms with Gasteiger partial charge in [0.25, 0.3) is 0 Å². The van der Waals surface area contributed by atoms with Crippen LogP contribution in [0.2, 0.25) is 0 Å². The van der Waals surface area contributed by atoms with Crippen molar-refractivity contribution in [2.24, 2.45) is 5.73 Å². The van der Waals surface area contributed by atoms with Crippen LogP contribution in [0.25, 0.3) is 0 Å². The average Bonchev–Trinajstić information content (AvgIpc) is 1.99. The summed E-state index contributed by atoms with van der Waals surface area (Å²) in [4.78, 5) is 31.5. The summed E-state index contributed by atoms with van der Waals surface area (Å²) in [6.07, 6.45) is -0.838. The average molecular weight is 206 g/mol. The number of carbonyl (C=O) groups excluding carboxylic acids is 1. The molecule has 0 spiro atoms. The summed E-state index contributed by atoms with van der Waals surface area (Å²) < 4.78 is 0. The lowest BCUT2D eigenvalue weighted by Gasteiger charge is -2.19. The van der Waals surface area contributed by atoms with Crippen LogP contribution < -0.4 is 11.9 Å². The number of nitrogens with two attached hydrogens (primary N) is 1. The van der Waals surface area contributed by atoms with E-state index in [2.05, 4.69) is 0 Å². The number of rotatable bonds is 5. The van der Waals surface area contributed by atoms with E-state index >= 15 is 0 Å². The van der Waals surface area contributed by atoms with Crippen molar-refractivity contribution in [3.63, 3.8) is 0 Å². The summed E-state index contributed by atoms with van der Waals surface area (Å²) in [5, 5.41) is 16.9. The van der Waals surface area contributed by atoms with Crippen molar-refractivity contribution >= 4 is 17.7 Å². The number of aliphatic carboxylic acids is 2. The van der Waals surface area contributed by atoms with Crippen molar-refractivity contribution in [3.8, 4) is 0 Å². The number of carboxylic acid groups (broad SMARTS) is 2. The SMILES string of the molecule is CC(=O)C(N)(CCC(=O)O)C(=O)O.N. The fourth-order valence-electron chi connectivity index (χ4n) is 0.738. The molecule has 7 heteroatoms. The number of carbonyl (C=O) groups is 3. The minimum Gasteiger partial charge on any atom is -0.481 e. The van der Waals surface area contributed by atoms with Gasteiger partial charge in [-0.25, -0.2) is 4.79 Å². The van der Waals surface area contributed by atoms with Crippen molar-refractivity contribution < 1.29 is 24.6 Å². The monoisotopic (exact) mass is 206 g/mol. The maximum absolute atomic E-state index is 10.8. The number of carboxylic acids is 2. The van der Waals surface area contributed by atoms with Gasteiger partial charge < -0.3 is 22.1 Å². The van der Waals surface area contributed by atoms with Crippen molar-refractivity contribution in [3.05, 3.63) is 0 Å². The molecule has 0 rings (SSSR count). The predicted molar refractivity (Wildman–Crippen MR) is 47.1 cm³/mol. The van der Waals surface area contributed by atoms with Gasteiger partial charge in [0.15, 0.2) is 11.3 Å². The van der Waals surface area contributed by atoms with Crippen LogP contribution in [-0.4, -0.2) is 33.5 Å². The minimum absolute atomic E-state index is 0. The molecule has 82 valence electrons. The topological polar surface area (TPSA) is 153 Å². The van der Waals surface area contributed by atoms with Gasteiger partial charge in [0.2, 0.25) is 0 Å². The summed E-state index contributed by atoms with van der Waals surface area (Å²) in [5.74, 6) is -3.43. The van der Waals surface area contributed by atoms with E-state index in [0.29, 0.717) is 0 Å². The minimum atomic E-state index is -2.07. The summed E-state index contributed by atoms with van der Waals surface area (Å²) in [5.41, 5.74) is 3.15. The molecular formula is C7H14N2O5. The Kier molecular flexibility index (Phi) is 5.69. The molecule has 0 aromatic rings. The predicted octanol–water partition coefficient (Wildman–Crippen LogP) is -0.616. The molecule has 0 aromatic heterocycles. The second kappa shape index (κ2) is 5.30. The molecule has 0 heterocycles. The summed E-state index contributed by atoms with van der Waals surface area (Å²) in [6, 6.07) is 0. The Hall–Kier alpha value is -1.47. The first-order valence-corrected chi connectivity index (χ1v) is 3.56. The largest absolute Gasteiger partial charge is 0.481 e. The quantitative estimate of drug-likeness (QED) is 0.437. The highest BCUT2D eigenvalue weighted by molar-refractivity contribution is 6.06. The Bertz CT molecular complexity index is 236. The third-order valence-corrected chi connectivity index (χ3v) is 1.74. The van der Waals surface area contributed by atoms with Gasteiger partial charge in [0, 0.05) is 6.42 Å². The van der Waals surface area contributed by atoms with Gasteiger partial charge in [-0.3, -0.25) is 9.59 Å². The lowest BCUT2D eigenvalue weighted by Crippen LogP contribution is -2.54. The zero-order valence-corrected chi connectivity index (χ0v) is 7.82. The van der Waals surface area contributed by atoms with E-state index in [4.69, 9.17) is 15.9 Å². The molecule has 0 fully saturated rings. The molecule has 0 saturated carbocycles. The Balaban J connectivity index is 0. The van der Waals surface area contributed by atoms with Crippen LogP contribution in [0.5, 0.6) is 0 Å². The van der Waals surface area contributed by atoms with Crippen molar-refractivity contribution in [2.45, 2.75) is 25.3 Å². The zero-order chi connectivity index (χ0) is 10.6. The Labute approximate surface area is 80.5 Å². The van der Waals surface area contributed by atoms with Gasteiger partial charge in [0.1, 0.15) is 0 Å². The van der Waals surface area contributed by atoms with E-state index < -0.39 is 36.1 Å². The van der Waals surface area contributed by atoms with Crippen LogP contribution in [0.4, 0.5) is 0 Å². The van der Waals surface area contributed by atoms with Gasteiger partial charge in [-0.1, -0.05) is 0 Å². The lowest BCUT2D eigenvalue weighted by molar-refractivity contribution is -0.148. The Morgan fingerprint density at radius 1 is 1.29 bits per heavy atom. The molecule has 0 radical (unpaired) electrons. The van der Waals surface area contributed by atoms with Crippen LogP contribution in [0.15, 0.2) is 0 Å². The molecule has 0 bridgehead atoms. The van der Waals surface area contributed by atoms with Crippen molar-refractivity contribution in [2.75, 3.05) is 0 Å². The molecule has 0 aliphatic heterocycles. The zero-order valence-electron chi connectivity index (χ0n) is 7.82. The maximum Gasteiger partial charge on any atom is 0.331 e. The second-order valence-electron chi connectivity index (χ2n) is 2.73.